The average molecular weight is 1230 g/mol. The van der Waals surface area contributed by atoms with Crippen LogP contribution < -0.4 is 26.6 Å². The first-order chi connectivity index (χ1) is 43.3. The van der Waals surface area contributed by atoms with E-state index in [0.29, 0.717) is 123 Å². The van der Waals surface area contributed by atoms with Crippen molar-refractivity contribution in [1.29, 1.82) is 0 Å². The molecule has 5 N–H and O–H groups in total. The number of carbonyl (C=O) groups is 6. The molecule has 89 heavy (non-hydrogen) atoms. The van der Waals surface area contributed by atoms with Gasteiger partial charge in [0.25, 0.3) is 5.91 Å². The number of halogens is 1. The first kappa shape index (κ1) is 63.1. The Kier molecular flexibility index (Phi) is 21.5. The number of esters is 1. The van der Waals surface area contributed by atoms with E-state index >= 15 is 4.39 Å². The first-order valence-electron chi connectivity index (χ1n) is 30.5. The number of piperidine rings is 3. The Hall–Kier alpha value is -8.95. The summed E-state index contributed by atoms with van der Waals surface area (Å²) in [5.41, 5.74) is 11.2. The van der Waals surface area contributed by atoms with E-state index in [0.717, 1.165) is 55.8 Å². The Morgan fingerprint density at radius 1 is 0.719 bits per heavy atom. The number of aryl methyl sites for hydroxylation is 1. The summed E-state index contributed by atoms with van der Waals surface area (Å²) in [6, 6.07) is 16.8. The van der Waals surface area contributed by atoms with E-state index in [9.17, 15) is 28.8 Å². The van der Waals surface area contributed by atoms with Gasteiger partial charge >= 0.3 is 5.97 Å². The van der Waals surface area contributed by atoms with E-state index in [1.54, 1.807) is 46.0 Å². The zero-order valence-electron chi connectivity index (χ0n) is 50.4. The molecule has 3 fully saturated rings. The van der Waals surface area contributed by atoms with Crippen molar-refractivity contribution < 1.29 is 52.1 Å². The number of aromatic nitrogens is 9. The number of fused-ring (bicyclic) bond motifs is 2. The van der Waals surface area contributed by atoms with Gasteiger partial charge in [0.15, 0.2) is 11.5 Å². The van der Waals surface area contributed by atoms with Crippen LogP contribution in [-0.4, -0.2) is 182 Å². The molecule has 26 nitrogen and oxygen atoms in total. The van der Waals surface area contributed by atoms with E-state index < -0.39 is 17.7 Å². The van der Waals surface area contributed by atoms with Crippen LogP contribution in [0, 0.1) is 5.82 Å². The van der Waals surface area contributed by atoms with Gasteiger partial charge in [-0.3, -0.25) is 38.1 Å². The molecular formula is C62H77FN16O10. The van der Waals surface area contributed by atoms with E-state index in [1.807, 2.05) is 35.2 Å². The fourth-order valence-corrected chi connectivity index (χ4v) is 11.7. The second-order valence-corrected chi connectivity index (χ2v) is 22.5. The third-order valence-corrected chi connectivity index (χ3v) is 16.5. The maximum absolute atomic E-state index is 16.0. The molecule has 27 heteroatoms. The van der Waals surface area contributed by atoms with Crippen LogP contribution in [0.15, 0.2) is 73.2 Å². The van der Waals surface area contributed by atoms with Gasteiger partial charge in [0.2, 0.25) is 23.6 Å². The Labute approximate surface area is 513 Å². The minimum atomic E-state index is -0.644. The number of nitrogens with zero attached hydrogens (tertiary/aromatic N) is 12. The smallest absolute Gasteiger partial charge is 0.327 e. The molecule has 0 atom stereocenters. The lowest BCUT2D eigenvalue weighted by atomic mass is 9.88. The molecule has 5 amide bonds. The quantitative estimate of drug-likeness (QED) is 0.0375. The monoisotopic (exact) mass is 1220 g/mol. The Morgan fingerprint density at radius 2 is 1.42 bits per heavy atom. The van der Waals surface area contributed by atoms with Crippen LogP contribution in [0.3, 0.4) is 0 Å². The zero-order chi connectivity index (χ0) is 62.2. The number of ether oxygens (including phenoxy) is 4. The van der Waals surface area contributed by atoms with Crippen molar-refractivity contribution in [3.8, 4) is 11.1 Å². The average Bonchev–Trinajstić information content (AvgIpc) is 1.87. The highest BCUT2D eigenvalue weighted by atomic mass is 19.1. The maximum Gasteiger partial charge on any atom is 0.327 e. The highest BCUT2D eigenvalue weighted by Gasteiger charge is 2.31. The molecule has 4 aromatic heterocycles. The van der Waals surface area contributed by atoms with Crippen molar-refractivity contribution in [3.63, 3.8) is 0 Å². The van der Waals surface area contributed by atoms with Crippen molar-refractivity contribution in [1.82, 2.24) is 65.0 Å². The second-order valence-electron chi connectivity index (χ2n) is 22.5. The van der Waals surface area contributed by atoms with Crippen molar-refractivity contribution in [2.75, 3.05) is 103 Å². The van der Waals surface area contributed by atoms with Crippen LogP contribution in [0.4, 0.5) is 21.7 Å². The number of nitrogens with two attached hydrogens (primary N) is 1. The Morgan fingerprint density at radius 3 is 2.13 bits per heavy atom. The molecule has 0 saturated carbocycles. The number of nitrogens with one attached hydrogen (secondary N) is 3. The van der Waals surface area contributed by atoms with E-state index in [1.165, 1.54) is 29.8 Å². The SMILES string of the molecule is COC(=O)Cn1cc(CNC(=O)Cn2nc(C3CCN(C(=O)CCC(=O)NCCOCCOCCOCCC(=O)N4CCC(c5ccc(Nc6nc(N7CCCCC7)cnc6C(N)=O)cc5)CC4)CC3)c3c(-c4cc5c(cnn5C)cc4F)cccc32)nn1. The number of hydrogen-bond acceptors (Lipinski definition) is 18. The molecule has 3 aliphatic heterocycles. The summed E-state index contributed by atoms with van der Waals surface area (Å²) in [6.45, 7) is 5.93. The summed E-state index contributed by atoms with van der Waals surface area (Å²) in [6.07, 6.45) is 11.3. The number of methoxy groups -OCH3 is 1. The predicted molar refractivity (Wildman–Crippen MR) is 326 cm³/mol. The van der Waals surface area contributed by atoms with Gasteiger partial charge in [-0.25, -0.2) is 19.0 Å². The number of benzene rings is 3. The van der Waals surface area contributed by atoms with Gasteiger partial charge in [-0.05, 0) is 92.3 Å². The maximum atomic E-state index is 16.0. The summed E-state index contributed by atoms with van der Waals surface area (Å²) >= 11 is 0. The van der Waals surface area contributed by atoms with Gasteiger partial charge in [-0.1, -0.05) is 29.5 Å². The summed E-state index contributed by atoms with van der Waals surface area (Å²) in [4.78, 5) is 91.3. The summed E-state index contributed by atoms with van der Waals surface area (Å²) < 4.78 is 42.3. The molecular weight excluding hydrogens is 1150 g/mol. The number of likely N-dealkylation sites (tertiary alicyclic amines) is 2. The van der Waals surface area contributed by atoms with Gasteiger partial charge in [-0.15, -0.1) is 5.10 Å². The molecule has 472 valence electrons. The molecule has 3 aliphatic rings. The molecule has 0 aliphatic carbocycles. The Balaban J connectivity index is 0.588. The van der Waals surface area contributed by atoms with E-state index in [4.69, 9.17) is 30.0 Å². The van der Waals surface area contributed by atoms with Gasteiger partial charge in [0, 0.05) is 93.6 Å². The third-order valence-electron chi connectivity index (χ3n) is 16.5. The molecule has 7 heterocycles. The molecule has 3 aromatic carbocycles. The van der Waals surface area contributed by atoms with E-state index in [-0.39, 0.29) is 87.3 Å². The van der Waals surface area contributed by atoms with Crippen LogP contribution >= 0.6 is 0 Å². The topological polar surface area (TPSA) is 303 Å². The Bertz CT molecular complexity index is 3610. The van der Waals surface area contributed by atoms with Crippen molar-refractivity contribution >= 4 is 74.6 Å². The molecule has 10 rings (SSSR count). The number of primary amides is 1. The molecule has 0 unspecified atom stereocenters. The lowest BCUT2D eigenvalue weighted by Gasteiger charge is -2.32. The molecule has 0 spiro atoms. The van der Waals surface area contributed by atoms with Gasteiger partial charge in [0.1, 0.15) is 30.4 Å². The number of hydrogen-bond donors (Lipinski definition) is 4. The normalized spacial score (nSPS) is 15.0. The highest BCUT2D eigenvalue weighted by Crippen LogP contribution is 2.40. The number of anilines is 3. The van der Waals surface area contributed by atoms with E-state index in [2.05, 4.69) is 58.1 Å². The largest absolute Gasteiger partial charge is 0.468 e. The van der Waals surface area contributed by atoms with Crippen LogP contribution in [0.2, 0.25) is 0 Å². The first-order valence-corrected chi connectivity index (χ1v) is 30.5. The molecule has 3 saturated heterocycles. The fourth-order valence-electron chi connectivity index (χ4n) is 11.7. The van der Waals surface area contributed by atoms with Crippen LogP contribution in [0.25, 0.3) is 32.9 Å². The highest BCUT2D eigenvalue weighted by molar-refractivity contribution is 6.00. The standard InChI is InChI=1S/C62H77FN16O10/c1-74-51-34-48(49(63)33-44(51)35-68-74)47-7-6-8-50-58(47)59(72-79(50)39-54(81)66-36-46-38-78(73-71-46)40-57(84)86-2)43-17-25-76(26-18-43)55(82)14-13-53(80)65-20-28-88-30-32-89-31-29-87-27-19-56(83)77-23-15-42(16-24-77)41-9-11-45(12-10-41)69-62-60(61(64)85)67-37-52(70-62)75-21-4-3-5-22-75/h6-12,33-35,37-38,42-43H,3-5,13-32,36,39-40H2,1-2H3,(H2,64,85)(H,65,80)(H,66,81)(H,69,70). The second kappa shape index (κ2) is 30.3. The fraction of sp³-hybridized carbons (Fsp3) is 0.484. The van der Waals surface area contributed by atoms with Crippen LogP contribution in [0.1, 0.15) is 103 Å². The van der Waals surface area contributed by atoms with Crippen molar-refractivity contribution in [3.05, 3.63) is 102 Å². The summed E-state index contributed by atoms with van der Waals surface area (Å²) in [5, 5.41) is 27.6. The lowest BCUT2D eigenvalue weighted by molar-refractivity contribution is -0.141. The molecule has 0 radical (unpaired) electrons. The van der Waals surface area contributed by atoms with Crippen LogP contribution in [-0.2, 0) is 69.6 Å². The van der Waals surface area contributed by atoms with Gasteiger partial charge in [-0.2, -0.15) is 10.2 Å². The third kappa shape index (κ3) is 16.4. The molecule has 0 bridgehead atoms. The van der Waals surface area contributed by atoms with Crippen molar-refractivity contribution in [2.45, 2.75) is 95.7 Å². The predicted octanol–water partition coefficient (Wildman–Crippen LogP) is 4.88. The minimum Gasteiger partial charge on any atom is -0.468 e. The van der Waals surface area contributed by atoms with Crippen LogP contribution in [0.5, 0.6) is 0 Å². The summed E-state index contributed by atoms with van der Waals surface area (Å²) in [5.74, 6) is -0.997. The zero-order valence-corrected chi connectivity index (χ0v) is 50.4. The number of carbonyl (C=O) groups excluding carboxylic acids is 6. The summed E-state index contributed by atoms with van der Waals surface area (Å²) in [7, 11) is 3.07. The van der Waals surface area contributed by atoms with Crippen molar-refractivity contribution in [2.24, 2.45) is 12.8 Å². The number of amides is 5. The minimum absolute atomic E-state index is 0.0230. The lowest BCUT2D eigenvalue weighted by Crippen LogP contribution is -2.38. The molecule has 7 aromatic rings. The number of rotatable bonds is 28. The van der Waals surface area contributed by atoms with Gasteiger partial charge in [0.05, 0.1) is 95.0 Å². The van der Waals surface area contributed by atoms with Gasteiger partial charge < -0.3 is 55.3 Å².